The van der Waals surface area contributed by atoms with E-state index in [1.54, 1.807) is 13.0 Å². The Hall–Kier alpha value is -3.71. The molecule has 0 heterocycles. The summed E-state index contributed by atoms with van der Waals surface area (Å²) in [4.78, 5) is 23.9. The molecule has 0 aromatic heterocycles. The largest absolute Gasteiger partial charge is 0.493 e. The van der Waals surface area contributed by atoms with Gasteiger partial charge in [0.15, 0.2) is 18.1 Å². The molecule has 11 heteroatoms. The standard InChI is InChI=1S/C22H18ClF3N2O5/c1-3-32-19(29)12-33-20-17(23)8-13(9-18(20)31-2)7-14(11-27)21(30)28-16-6-4-5-15(10-16)22(24,25)26/h4-10H,3,12H2,1-2H3,(H,28,30)/b14-7-. The van der Waals surface area contributed by atoms with Crippen LogP contribution in [0.4, 0.5) is 18.9 Å². The van der Waals surface area contributed by atoms with Crippen molar-refractivity contribution < 1.29 is 37.0 Å². The molecule has 1 N–H and O–H groups in total. The van der Waals surface area contributed by atoms with Gasteiger partial charge in [0.2, 0.25) is 0 Å². The highest BCUT2D eigenvalue weighted by Crippen LogP contribution is 2.37. The first-order valence-corrected chi connectivity index (χ1v) is 9.73. The van der Waals surface area contributed by atoms with Crippen LogP contribution in [-0.2, 0) is 20.5 Å². The molecule has 2 rings (SSSR count). The van der Waals surface area contributed by atoms with Crippen molar-refractivity contribution in [1.29, 1.82) is 5.26 Å². The Morgan fingerprint density at radius 3 is 2.58 bits per heavy atom. The predicted octanol–water partition coefficient (Wildman–Crippen LogP) is 4.85. The van der Waals surface area contributed by atoms with E-state index in [9.17, 15) is 28.0 Å². The summed E-state index contributed by atoms with van der Waals surface area (Å²) in [5, 5.41) is 11.6. The second-order valence-corrected chi connectivity index (χ2v) is 6.74. The lowest BCUT2D eigenvalue weighted by Crippen LogP contribution is -2.15. The average molecular weight is 483 g/mol. The molecule has 0 aliphatic carbocycles. The van der Waals surface area contributed by atoms with E-state index in [0.29, 0.717) is 0 Å². The molecule has 0 radical (unpaired) electrons. The van der Waals surface area contributed by atoms with Crippen molar-refractivity contribution in [2.45, 2.75) is 13.1 Å². The summed E-state index contributed by atoms with van der Waals surface area (Å²) in [6.07, 6.45) is -3.41. The monoisotopic (exact) mass is 482 g/mol. The van der Waals surface area contributed by atoms with Crippen molar-refractivity contribution in [2.24, 2.45) is 0 Å². The van der Waals surface area contributed by atoms with E-state index in [-0.39, 0.29) is 34.4 Å². The van der Waals surface area contributed by atoms with E-state index >= 15 is 0 Å². The lowest BCUT2D eigenvalue weighted by molar-refractivity contribution is -0.145. The summed E-state index contributed by atoms with van der Waals surface area (Å²) in [6, 6.07) is 8.46. The number of carbonyl (C=O) groups excluding carboxylic acids is 2. The van der Waals surface area contributed by atoms with Gasteiger partial charge in [0.05, 0.1) is 24.3 Å². The predicted molar refractivity (Wildman–Crippen MR) is 114 cm³/mol. The second-order valence-electron chi connectivity index (χ2n) is 6.33. The highest BCUT2D eigenvalue weighted by atomic mass is 35.5. The number of nitrogens with zero attached hydrogens (tertiary/aromatic N) is 1. The number of carbonyl (C=O) groups is 2. The Bertz CT molecular complexity index is 1110. The van der Waals surface area contributed by atoms with Crippen LogP contribution in [0.3, 0.4) is 0 Å². The quantitative estimate of drug-likeness (QED) is 0.328. The molecule has 0 aliphatic rings. The van der Waals surface area contributed by atoms with Crippen LogP contribution in [0.1, 0.15) is 18.1 Å². The number of amides is 1. The van der Waals surface area contributed by atoms with Crippen LogP contribution in [-0.4, -0.2) is 32.2 Å². The number of hydrogen-bond acceptors (Lipinski definition) is 6. The molecule has 2 aromatic carbocycles. The van der Waals surface area contributed by atoms with Gasteiger partial charge in [-0.1, -0.05) is 17.7 Å². The fourth-order valence-electron chi connectivity index (χ4n) is 2.58. The Labute approximate surface area is 192 Å². The molecule has 33 heavy (non-hydrogen) atoms. The van der Waals surface area contributed by atoms with Crippen LogP contribution in [0.25, 0.3) is 6.08 Å². The maximum absolute atomic E-state index is 12.9. The number of nitriles is 1. The third kappa shape index (κ3) is 7.15. The first-order valence-electron chi connectivity index (χ1n) is 9.35. The Morgan fingerprint density at radius 2 is 1.97 bits per heavy atom. The third-order valence-corrected chi connectivity index (χ3v) is 4.30. The Balaban J connectivity index is 2.26. The van der Waals surface area contributed by atoms with Gasteiger partial charge in [-0.3, -0.25) is 4.79 Å². The number of benzene rings is 2. The molecule has 2 aromatic rings. The molecule has 0 fully saturated rings. The van der Waals surface area contributed by atoms with Crippen molar-refractivity contribution in [3.8, 4) is 17.6 Å². The van der Waals surface area contributed by atoms with Gasteiger partial charge in [-0.2, -0.15) is 18.4 Å². The fourth-order valence-corrected chi connectivity index (χ4v) is 2.86. The van der Waals surface area contributed by atoms with E-state index < -0.39 is 35.8 Å². The van der Waals surface area contributed by atoms with E-state index in [2.05, 4.69) is 5.32 Å². The molecule has 0 unspecified atom stereocenters. The van der Waals surface area contributed by atoms with Gasteiger partial charge < -0.3 is 19.5 Å². The number of esters is 1. The average Bonchev–Trinajstić information content (AvgIpc) is 2.76. The zero-order chi connectivity index (χ0) is 24.6. The van der Waals surface area contributed by atoms with Crippen molar-refractivity contribution in [1.82, 2.24) is 0 Å². The molecule has 0 saturated carbocycles. The first kappa shape index (κ1) is 25.5. The summed E-state index contributed by atoms with van der Waals surface area (Å²) in [5.74, 6) is -1.36. The lowest BCUT2D eigenvalue weighted by atomic mass is 10.1. The minimum Gasteiger partial charge on any atom is -0.493 e. The molecule has 0 saturated heterocycles. The number of anilines is 1. The lowest BCUT2D eigenvalue weighted by Gasteiger charge is -2.13. The second kappa shape index (κ2) is 11.2. The summed E-state index contributed by atoms with van der Waals surface area (Å²) >= 11 is 6.19. The van der Waals surface area contributed by atoms with Crippen LogP contribution < -0.4 is 14.8 Å². The summed E-state index contributed by atoms with van der Waals surface area (Å²) in [6.45, 7) is 1.40. The number of ether oxygens (including phenoxy) is 3. The van der Waals surface area contributed by atoms with Crippen molar-refractivity contribution in [2.75, 3.05) is 25.6 Å². The smallest absolute Gasteiger partial charge is 0.416 e. The van der Waals surface area contributed by atoms with E-state index in [4.69, 9.17) is 25.8 Å². The van der Waals surface area contributed by atoms with Crippen LogP contribution in [0.2, 0.25) is 5.02 Å². The Morgan fingerprint density at radius 1 is 1.24 bits per heavy atom. The van der Waals surface area contributed by atoms with E-state index in [1.165, 1.54) is 31.4 Å². The molecular formula is C22H18ClF3N2O5. The minimum absolute atomic E-state index is 0.0282. The SMILES string of the molecule is CCOC(=O)COc1c(Cl)cc(/C=C(/C#N)C(=O)Nc2cccc(C(F)(F)F)c2)cc1OC. The normalized spacial score (nSPS) is 11.4. The van der Waals surface area contributed by atoms with Gasteiger partial charge in [0, 0.05) is 5.69 Å². The maximum Gasteiger partial charge on any atom is 0.416 e. The van der Waals surface area contributed by atoms with Crippen molar-refractivity contribution in [3.63, 3.8) is 0 Å². The molecule has 0 aliphatic heterocycles. The van der Waals surface area contributed by atoms with Gasteiger partial charge >= 0.3 is 12.1 Å². The number of nitrogens with one attached hydrogen (secondary N) is 1. The molecule has 0 spiro atoms. The van der Waals surface area contributed by atoms with Gasteiger partial charge in [-0.05, 0) is 48.9 Å². The zero-order valence-electron chi connectivity index (χ0n) is 17.5. The molecular weight excluding hydrogens is 465 g/mol. The number of hydrogen-bond donors (Lipinski definition) is 1. The number of alkyl halides is 3. The summed E-state index contributed by atoms with van der Waals surface area (Å²) < 4.78 is 53.9. The minimum atomic E-state index is -4.58. The van der Waals surface area contributed by atoms with Crippen LogP contribution >= 0.6 is 11.6 Å². The molecule has 174 valence electrons. The van der Waals surface area contributed by atoms with Crippen LogP contribution in [0.5, 0.6) is 11.5 Å². The maximum atomic E-state index is 12.9. The van der Waals surface area contributed by atoms with Crippen LogP contribution in [0.15, 0.2) is 42.0 Å². The Kier molecular flexibility index (Phi) is 8.70. The summed E-state index contributed by atoms with van der Waals surface area (Å²) in [5.41, 5.74) is -1.20. The summed E-state index contributed by atoms with van der Waals surface area (Å²) in [7, 11) is 1.32. The molecule has 1 amide bonds. The first-order chi connectivity index (χ1) is 15.6. The topological polar surface area (TPSA) is 97.7 Å². The van der Waals surface area contributed by atoms with Crippen molar-refractivity contribution in [3.05, 3.63) is 58.1 Å². The van der Waals surface area contributed by atoms with Gasteiger partial charge in [0.1, 0.15) is 11.6 Å². The zero-order valence-corrected chi connectivity index (χ0v) is 18.2. The van der Waals surface area contributed by atoms with Crippen molar-refractivity contribution >= 4 is 35.2 Å². The highest BCUT2D eigenvalue weighted by molar-refractivity contribution is 6.32. The third-order valence-electron chi connectivity index (χ3n) is 4.02. The number of rotatable bonds is 8. The van der Waals surface area contributed by atoms with E-state index in [0.717, 1.165) is 18.2 Å². The molecule has 7 nitrogen and oxygen atoms in total. The van der Waals surface area contributed by atoms with Gasteiger partial charge in [-0.25, -0.2) is 4.79 Å². The molecule has 0 atom stereocenters. The highest BCUT2D eigenvalue weighted by Gasteiger charge is 2.30. The fraction of sp³-hybridized carbons (Fsp3) is 0.227. The van der Waals surface area contributed by atoms with E-state index in [1.807, 2.05) is 0 Å². The number of methoxy groups -OCH3 is 1. The molecule has 0 bridgehead atoms. The van der Waals surface area contributed by atoms with Crippen LogP contribution in [0, 0.1) is 11.3 Å². The van der Waals surface area contributed by atoms with Gasteiger partial charge in [-0.15, -0.1) is 0 Å². The number of halogens is 4. The van der Waals surface area contributed by atoms with Gasteiger partial charge in [0.25, 0.3) is 5.91 Å².